The van der Waals surface area contributed by atoms with Crippen LogP contribution in [0.25, 0.3) is 0 Å². The first-order valence-electron chi connectivity index (χ1n) is 7.51. The van der Waals surface area contributed by atoms with Crippen molar-refractivity contribution in [2.75, 3.05) is 24.6 Å². The van der Waals surface area contributed by atoms with E-state index >= 15 is 0 Å². The lowest BCUT2D eigenvalue weighted by Crippen LogP contribution is -2.38. The smallest absolute Gasteiger partial charge is 0.370 e. The standard InChI is InChI=1S/C18H15F3N2O/c19-18(20,21)15-5-3-14(4-6-15)17-12-23(9-10-24-17)16-7-1-13(11-22)2-8-16/h1-8,17H,9-10,12H2. The molecule has 1 atom stereocenters. The van der Waals surface area contributed by atoms with Gasteiger partial charge in [-0.15, -0.1) is 0 Å². The van der Waals surface area contributed by atoms with Crippen molar-refractivity contribution in [2.45, 2.75) is 12.3 Å². The van der Waals surface area contributed by atoms with Crippen LogP contribution in [0, 0.1) is 11.3 Å². The number of benzene rings is 2. The summed E-state index contributed by atoms with van der Waals surface area (Å²) in [7, 11) is 0. The third kappa shape index (κ3) is 3.52. The summed E-state index contributed by atoms with van der Waals surface area (Å²) in [5, 5.41) is 8.85. The number of hydrogen-bond donors (Lipinski definition) is 0. The van der Waals surface area contributed by atoms with E-state index in [2.05, 4.69) is 11.0 Å². The average molecular weight is 332 g/mol. The maximum Gasteiger partial charge on any atom is 0.416 e. The highest BCUT2D eigenvalue weighted by Gasteiger charge is 2.30. The lowest BCUT2D eigenvalue weighted by atomic mass is 10.0. The van der Waals surface area contributed by atoms with E-state index < -0.39 is 11.7 Å². The Labute approximate surface area is 137 Å². The number of nitrogens with zero attached hydrogens (tertiary/aromatic N) is 2. The van der Waals surface area contributed by atoms with Crippen molar-refractivity contribution >= 4 is 5.69 Å². The Morgan fingerprint density at radius 1 is 1.04 bits per heavy atom. The summed E-state index contributed by atoms with van der Waals surface area (Å²) < 4.78 is 43.6. The summed E-state index contributed by atoms with van der Waals surface area (Å²) >= 11 is 0. The molecule has 0 N–H and O–H groups in total. The zero-order valence-electron chi connectivity index (χ0n) is 12.8. The summed E-state index contributed by atoms with van der Waals surface area (Å²) in [4.78, 5) is 2.10. The summed E-state index contributed by atoms with van der Waals surface area (Å²) in [6.07, 6.45) is -4.61. The fraction of sp³-hybridized carbons (Fsp3) is 0.278. The zero-order chi connectivity index (χ0) is 17.2. The number of nitriles is 1. The Bertz CT molecular complexity index is 733. The van der Waals surface area contributed by atoms with Crippen molar-refractivity contribution in [1.29, 1.82) is 5.26 Å². The highest BCUT2D eigenvalue weighted by molar-refractivity contribution is 5.50. The molecular weight excluding hydrogens is 317 g/mol. The Morgan fingerprint density at radius 2 is 1.71 bits per heavy atom. The minimum Gasteiger partial charge on any atom is -0.370 e. The fourth-order valence-corrected chi connectivity index (χ4v) is 2.72. The molecule has 1 fully saturated rings. The first kappa shape index (κ1) is 16.3. The Hall–Kier alpha value is -2.52. The molecule has 3 nitrogen and oxygen atoms in total. The van der Waals surface area contributed by atoms with Gasteiger partial charge in [-0.3, -0.25) is 0 Å². The van der Waals surface area contributed by atoms with E-state index in [1.807, 2.05) is 12.1 Å². The van der Waals surface area contributed by atoms with Gasteiger partial charge in [0.25, 0.3) is 0 Å². The molecule has 0 spiro atoms. The number of alkyl halides is 3. The predicted molar refractivity (Wildman–Crippen MR) is 83.5 cm³/mol. The van der Waals surface area contributed by atoms with Crippen LogP contribution in [0.3, 0.4) is 0 Å². The largest absolute Gasteiger partial charge is 0.416 e. The molecule has 24 heavy (non-hydrogen) atoms. The molecule has 1 unspecified atom stereocenters. The number of morpholine rings is 1. The molecule has 0 radical (unpaired) electrons. The van der Waals surface area contributed by atoms with Gasteiger partial charge in [0, 0.05) is 18.8 Å². The molecular formula is C18H15F3N2O. The molecule has 2 aromatic rings. The van der Waals surface area contributed by atoms with E-state index in [9.17, 15) is 13.2 Å². The maximum atomic E-state index is 12.6. The first-order chi connectivity index (χ1) is 11.5. The van der Waals surface area contributed by atoms with Gasteiger partial charge in [0.1, 0.15) is 6.10 Å². The Morgan fingerprint density at radius 3 is 2.29 bits per heavy atom. The van der Waals surface area contributed by atoms with Crippen molar-refractivity contribution in [3.63, 3.8) is 0 Å². The SMILES string of the molecule is N#Cc1ccc(N2CCOC(c3ccc(C(F)(F)F)cc3)C2)cc1. The quantitative estimate of drug-likeness (QED) is 0.829. The molecule has 1 saturated heterocycles. The fourth-order valence-electron chi connectivity index (χ4n) is 2.72. The van der Waals surface area contributed by atoms with Gasteiger partial charge in [0.15, 0.2) is 0 Å². The van der Waals surface area contributed by atoms with Gasteiger partial charge in [-0.1, -0.05) is 12.1 Å². The van der Waals surface area contributed by atoms with Gasteiger partial charge in [0.2, 0.25) is 0 Å². The Kier molecular flexibility index (Phi) is 4.45. The second kappa shape index (κ2) is 6.54. The molecule has 0 amide bonds. The van der Waals surface area contributed by atoms with Gasteiger partial charge in [-0.05, 0) is 42.0 Å². The van der Waals surface area contributed by atoms with Crippen LogP contribution in [0.1, 0.15) is 22.8 Å². The van der Waals surface area contributed by atoms with Crippen molar-refractivity contribution in [1.82, 2.24) is 0 Å². The van der Waals surface area contributed by atoms with E-state index in [1.165, 1.54) is 12.1 Å². The third-order valence-corrected chi connectivity index (χ3v) is 4.04. The molecule has 0 bridgehead atoms. The normalized spacial score (nSPS) is 18.2. The van der Waals surface area contributed by atoms with E-state index in [-0.39, 0.29) is 6.10 Å². The number of rotatable bonds is 2. The summed E-state index contributed by atoms with van der Waals surface area (Å²) in [6.45, 7) is 1.74. The third-order valence-electron chi connectivity index (χ3n) is 4.04. The van der Waals surface area contributed by atoms with Crippen LogP contribution in [0.15, 0.2) is 48.5 Å². The molecule has 1 heterocycles. The van der Waals surface area contributed by atoms with Crippen molar-refractivity contribution in [3.8, 4) is 6.07 Å². The van der Waals surface area contributed by atoms with E-state index in [4.69, 9.17) is 10.00 Å². The molecule has 0 aliphatic carbocycles. The van der Waals surface area contributed by atoms with Crippen LogP contribution in [0.4, 0.5) is 18.9 Å². The highest BCUT2D eigenvalue weighted by Crippen LogP contribution is 2.31. The van der Waals surface area contributed by atoms with Crippen LogP contribution >= 0.6 is 0 Å². The van der Waals surface area contributed by atoms with Crippen LogP contribution in [0.5, 0.6) is 0 Å². The van der Waals surface area contributed by atoms with Crippen molar-refractivity contribution in [3.05, 3.63) is 65.2 Å². The van der Waals surface area contributed by atoms with Gasteiger partial charge in [-0.25, -0.2) is 0 Å². The second-order valence-electron chi connectivity index (χ2n) is 5.58. The summed E-state index contributed by atoms with van der Waals surface area (Å²) in [5.41, 5.74) is 1.62. The van der Waals surface area contributed by atoms with Gasteiger partial charge >= 0.3 is 6.18 Å². The van der Waals surface area contributed by atoms with Crippen molar-refractivity contribution < 1.29 is 17.9 Å². The second-order valence-corrected chi connectivity index (χ2v) is 5.58. The molecule has 6 heteroatoms. The van der Waals surface area contributed by atoms with Crippen molar-refractivity contribution in [2.24, 2.45) is 0 Å². The lowest BCUT2D eigenvalue weighted by Gasteiger charge is -2.35. The molecule has 1 aliphatic heterocycles. The molecule has 124 valence electrons. The molecule has 2 aromatic carbocycles. The number of anilines is 1. The first-order valence-corrected chi connectivity index (χ1v) is 7.51. The topological polar surface area (TPSA) is 36.3 Å². The van der Waals surface area contributed by atoms with Crippen LogP contribution in [0.2, 0.25) is 0 Å². The van der Waals surface area contributed by atoms with E-state index in [0.29, 0.717) is 25.3 Å². The minimum absolute atomic E-state index is 0.281. The number of ether oxygens (including phenoxy) is 1. The molecule has 3 rings (SSSR count). The van der Waals surface area contributed by atoms with Gasteiger partial charge in [0.05, 0.1) is 23.8 Å². The van der Waals surface area contributed by atoms with Crippen LogP contribution in [-0.4, -0.2) is 19.7 Å². The molecule has 0 aromatic heterocycles. The minimum atomic E-state index is -4.33. The lowest BCUT2D eigenvalue weighted by molar-refractivity contribution is -0.137. The van der Waals surface area contributed by atoms with E-state index in [1.54, 1.807) is 12.1 Å². The molecule has 0 saturated carbocycles. The predicted octanol–water partition coefficient (Wildman–Crippen LogP) is 4.15. The van der Waals surface area contributed by atoms with Crippen LogP contribution < -0.4 is 4.90 Å². The van der Waals surface area contributed by atoms with E-state index in [0.717, 1.165) is 23.4 Å². The Balaban J connectivity index is 1.74. The monoisotopic (exact) mass is 332 g/mol. The summed E-state index contributed by atoms with van der Waals surface area (Å²) in [6, 6.07) is 14.4. The molecule has 1 aliphatic rings. The zero-order valence-corrected chi connectivity index (χ0v) is 12.8. The van der Waals surface area contributed by atoms with Crippen LogP contribution in [-0.2, 0) is 10.9 Å². The number of halogens is 3. The van der Waals surface area contributed by atoms with Gasteiger partial charge < -0.3 is 9.64 Å². The van der Waals surface area contributed by atoms with Gasteiger partial charge in [-0.2, -0.15) is 18.4 Å². The highest BCUT2D eigenvalue weighted by atomic mass is 19.4. The average Bonchev–Trinajstić information content (AvgIpc) is 2.61. The number of hydrogen-bond acceptors (Lipinski definition) is 3. The maximum absolute atomic E-state index is 12.6. The summed E-state index contributed by atoms with van der Waals surface area (Å²) in [5.74, 6) is 0.